The number of hydrogen-bond donors (Lipinski definition) is 1. The van der Waals surface area contributed by atoms with E-state index in [9.17, 15) is 0 Å². The molecule has 1 aliphatic rings. The molecule has 15 heavy (non-hydrogen) atoms. The third kappa shape index (κ3) is 2.37. The monoisotopic (exact) mass is 208 g/mol. The zero-order chi connectivity index (χ0) is 10.9. The summed E-state index contributed by atoms with van der Waals surface area (Å²) >= 11 is 0. The fraction of sp³-hybridized carbons (Fsp3) is 0.818. The van der Waals surface area contributed by atoms with Crippen molar-refractivity contribution in [3.63, 3.8) is 0 Å². The Hall–Kier alpha value is -0.900. The molecule has 4 heteroatoms. The first-order chi connectivity index (χ1) is 7.09. The zero-order valence-corrected chi connectivity index (χ0v) is 9.66. The Kier molecular flexibility index (Phi) is 2.78. The highest BCUT2D eigenvalue weighted by molar-refractivity contribution is 5.00. The Morgan fingerprint density at radius 1 is 1.33 bits per heavy atom. The lowest BCUT2D eigenvalue weighted by molar-refractivity contribution is 0.287. The van der Waals surface area contributed by atoms with E-state index in [2.05, 4.69) is 10.1 Å². The van der Waals surface area contributed by atoms with Crippen molar-refractivity contribution in [2.24, 2.45) is 12.8 Å². The summed E-state index contributed by atoms with van der Waals surface area (Å²) < 4.78 is 1.86. The van der Waals surface area contributed by atoms with Crippen LogP contribution in [0.3, 0.4) is 0 Å². The van der Waals surface area contributed by atoms with Crippen molar-refractivity contribution in [3.8, 4) is 0 Å². The summed E-state index contributed by atoms with van der Waals surface area (Å²) in [5.41, 5.74) is 6.35. The number of aromatic nitrogens is 3. The fourth-order valence-electron chi connectivity index (χ4n) is 2.46. The molecule has 2 N–H and O–H groups in total. The lowest BCUT2D eigenvalue weighted by atomic mass is 9.80. The van der Waals surface area contributed by atoms with Gasteiger partial charge in [0.05, 0.1) is 0 Å². The minimum Gasteiger partial charge on any atom is -0.325 e. The largest absolute Gasteiger partial charge is 0.325 e. The molecule has 0 spiro atoms. The number of nitrogens with zero attached hydrogens (tertiary/aromatic N) is 3. The standard InChI is InChI=1S/C11H20N4/c1-9-13-10(15(2)14-9)8-11(12)6-4-3-5-7-11/h3-8,12H2,1-2H3. The van der Waals surface area contributed by atoms with Crippen LogP contribution in [0.1, 0.15) is 43.8 Å². The summed E-state index contributed by atoms with van der Waals surface area (Å²) in [6, 6.07) is 0. The van der Waals surface area contributed by atoms with E-state index in [0.29, 0.717) is 0 Å². The maximum Gasteiger partial charge on any atom is 0.147 e. The van der Waals surface area contributed by atoms with Gasteiger partial charge in [-0.1, -0.05) is 19.3 Å². The molecule has 1 saturated carbocycles. The summed E-state index contributed by atoms with van der Waals surface area (Å²) in [6.07, 6.45) is 6.96. The molecule has 0 bridgehead atoms. The van der Waals surface area contributed by atoms with Crippen LogP contribution in [-0.2, 0) is 13.5 Å². The van der Waals surface area contributed by atoms with E-state index in [0.717, 1.165) is 30.9 Å². The average Bonchev–Trinajstić information content (AvgIpc) is 2.45. The van der Waals surface area contributed by atoms with Crippen LogP contribution in [-0.4, -0.2) is 20.3 Å². The minimum absolute atomic E-state index is 0.0362. The van der Waals surface area contributed by atoms with Crippen LogP contribution in [0.5, 0.6) is 0 Å². The maximum atomic E-state index is 6.39. The third-order valence-electron chi connectivity index (χ3n) is 3.32. The first-order valence-corrected chi connectivity index (χ1v) is 5.74. The molecule has 1 aromatic rings. The number of hydrogen-bond acceptors (Lipinski definition) is 3. The van der Waals surface area contributed by atoms with E-state index in [1.807, 2.05) is 18.7 Å². The van der Waals surface area contributed by atoms with Crippen molar-refractivity contribution >= 4 is 0 Å². The minimum atomic E-state index is -0.0362. The summed E-state index contributed by atoms with van der Waals surface area (Å²) in [6.45, 7) is 1.92. The smallest absolute Gasteiger partial charge is 0.147 e. The highest BCUT2D eigenvalue weighted by Crippen LogP contribution is 2.28. The predicted molar refractivity (Wildman–Crippen MR) is 59.4 cm³/mol. The van der Waals surface area contributed by atoms with E-state index in [-0.39, 0.29) is 5.54 Å². The van der Waals surface area contributed by atoms with Crippen LogP contribution in [0, 0.1) is 6.92 Å². The maximum absolute atomic E-state index is 6.39. The lowest BCUT2D eigenvalue weighted by Crippen LogP contribution is -2.44. The molecule has 0 aromatic carbocycles. The van der Waals surface area contributed by atoms with Crippen molar-refractivity contribution in [2.75, 3.05) is 0 Å². The van der Waals surface area contributed by atoms with Gasteiger partial charge >= 0.3 is 0 Å². The molecular weight excluding hydrogens is 188 g/mol. The van der Waals surface area contributed by atoms with Crippen LogP contribution < -0.4 is 5.73 Å². The van der Waals surface area contributed by atoms with Crippen molar-refractivity contribution in [1.29, 1.82) is 0 Å². The molecule has 0 aliphatic heterocycles. The van der Waals surface area contributed by atoms with Crippen molar-refractivity contribution in [3.05, 3.63) is 11.6 Å². The second kappa shape index (κ2) is 3.93. The van der Waals surface area contributed by atoms with Gasteiger partial charge in [0, 0.05) is 19.0 Å². The molecular formula is C11H20N4. The lowest BCUT2D eigenvalue weighted by Gasteiger charge is -2.32. The second-order valence-corrected chi connectivity index (χ2v) is 4.80. The first kappa shape index (κ1) is 10.6. The SMILES string of the molecule is Cc1nc(CC2(N)CCCCC2)n(C)n1. The van der Waals surface area contributed by atoms with E-state index < -0.39 is 0 Å². The van der Waals surface area contributed by atoms with Crippen LogP contribution in [0.2, 0.25) is 0 Å². The summed E-state index contributed by atoms with van der Waals surface area (Å²) in [4.78, 5) is 4.42. The predicted octanol–water partition coefficient (Wildman–Crippen LogP) is 1.33. The van der Waals surface area contributed by atoms with E-state index in [1.165, 1.54) is 19.3 Å². The van der Waals surface area contributed by atoms with Gasteiger partial charge in [-0.3, -0.25) is 4.68 Å². The molecule has 0 radical (unpaired) electrons. The van der Waals surface area contributed by atoms with Gasteiger partial charge in [-0.25, -0.2) is 4.98 Å². The highest BCUT2D eigenvalue weighted by atomic mass is 15.3. The van der Waals surface area contributed by atoms with Crippen molar-refractivity contribution in [1.82, 2.24) is 14.8 Å². The Morgan fingerprint density at radius 2 is 2.00 bits per heavy atom. The molecule has 1 heterocycles. The van der Waals surface area contributed by atoms with Gasteiger partial charge in [0.2, 0.25) is 0 Å². The van der Waals surface area contributed by atoms with E-state index >= 15 is 0 Å². The topological polar surface area (TPSA) is 56.7 Å². The molecule has 0 saturated heterocycles. The van der Waals surface area contributed by atoms with Gasteiger partial charge in [0.1, 0.15) is 11.6 Å². The van der Waals surface area contributed by atoms with Gasteiger partial charge in [-0.15, -0.1) is 0 Å². The van der Waals surface area contributed by atoms with Crippen LogP contribution in [0.4, 0.5) is 0 Å². The molecule has 84 valence electrons. The zero-order valence-electron chi connectivity index (χ0n) is 9.66. The number of rotatable bonds is 2. The van der Waals surface area contributed by atoms with E-state index in [4.69, 9.17) is 5.73 Å². The van der Waals surface area contributed by atoms with Crippen molar-refractivity contribution < 1.29 is 0 Å². The number of aryl methyl sites for hydroxylation is 2. The summed E-state index contributed by atoms with van der Waals surface area (Å²) in [7, 11) is 1.95. The van der Waals surface area contributed by atoms with Gasteiger partial charge in [0.25, 0.3) is 0 Å². The Labute approximate surface area is 90.9 Å². The second-order valence-electron chi connectivity index (χ2n) is 4.80. The third-order valence-corrected chi connectivity index (χ3v) is 3.32. The average molecular weight is 208 g/mol. The highest BCUT2D eigenvalue weighted by Gasteiger charge is 2.29. The molecule has 0 amide bonds. The summed E-state index contributed by atoms with van der Waals surface area (Å²) in [5.74, 6) is 1.86. The quantitative estimate of drug-likeness (QED) is 0.797. The molecule has 2 rings (SSSR count). The van der Waals surface area contributed by atoms with Crippen molar-refractivity contribution in [2.45, 2.75) is 51.0 Å². The molecule has 4 nitrogen and oxygen atoms in total. The fourth-order valence-corrected chi connectivity index (χ4v) is 2.46. The first-order valence-electron chi connectivity index (χ1n) is 5.74. The van der Waals surface area contributed by atoms with Gasteiger partial charge in [0.15, 0.2) is 0 Å². The number of nitrogens with two attached hydrogens (primary N) is 1. The normalized spacial score (nSPS) is 20.5. The van der Waals surface area contributed by atoms with Crippen LogP contribution in [0.25, 0.3) is 0 Å². The molecule has 1 aromatic heterocycles. The van der Waals surface area contributed by atoms with Gasteiger partial charge in [-0.05, 0) is 19.8 Å². The van der Waals surface area contributed by atoms with Crippen LogP contribution in [0.15, 0.2) is 0 Å². The molecule has 1 fully saturated rings. The summed E-state index contributed by atoms with van der Waals surface area (Å²) in [5, 5.41) is 4.26. The Balaban J connectivity index is 2.09. The van der Waals surface area contributed by atoms with Crippen LogP contribution >= 0.6 is 0 Å². The molecule has 1 aliphatic carbocycles. The van der Waals surface area contributed by atoms with Gasteiger partial charge < -0.3 is 5.73 Å². The Bertz CT molecular complexity index is 336. The molecule has 0 atom stereocenters. The Morgan fingerprint density at radius 3 is 2.53 bits per heavy atom. The van der Waals surface area contributed by atoms with Gasteiger partial charge in [-0.2, -0.15) is 5.10 Å². The van der Waals surface area contributed by atoms with E-state index in [1.54, 1.807) is 0 Å². The molecule has 0 unspecified atom stereocenters.